The molecule has 0 aliphatic rings. The van der Waals surface area contributed by atoms with Crippen LogP contribution in [0.25, 0.3) is 0 Å². The van der Waals surface area contributed by atoms with Crippen LogP contribution in [0.15, 0.2) is 53.4 Å². The summed E-state index contributed by atoms with van der Waals surface area (Å²) in [5, 5.41) is 2.67. The van der Waals surface area contributed by atoms with Gasteiger partial charge in [-0.25, -0.2) is 8.42 Å². The van der Waals surface area contributed by atoms with Gasteiger partial charge in [0, 0.05) is 19.2 Å². The molecule has 0 bridgehead atoms. The van der Waals surface area contributed by atoms with Crippen molar-refractivity contribution in [1.29, 1.82) is 0 Å². The molecule has 0 saturated carbocycles. The van der Waals surface area contributed by atoms with Crippen LogP contribution in [0.5, 0.6) is 0 Å². The number of ether oxygens (including phenoxy) is 1. The third-order valence-electron chi connectivity index (χ3n) is 3.83. The number of carbonyl (C=O) groups is 1. The Bertz CT molecular complexity index is 863. The monoisotopic (exact) mass is 376 g/mol. The number of para-hydroxylation sites is 1. The third-order valence-corrected chi connectivity index (χ3v) is 5.19. The minimum absolute atomic E-state index is 0.0375. The fraction of sp³-hybridized carbons (Fsp3) is 0.316. The molecule has 0 radical (unpaired) electrons. The molecule has 26 heavy (non-hydrogen) atoms. The Morgan fingerprint density at radius 1 is 1.12 bits per heavy atom. The van der Waals surface area contributed by atoms with Gasteiger partial charge in [-0.2, -0.15) is 0 Å². The second-order valence-corrected chi connectivity index (χ2v) is 7.81. The number of hydrogen-bond donors (Lipinski definition) is 2. The average molecular weight is 376 g/mol. The van der Waals surface area contributed by atoms with Crippen LogP contribution < -0.4 is 10.0 Å². The van der Waals surface area contributed by atoms with Gasteiger partial charge in [0.1, 0.15) is 0 Å². The molecule has 0 heterocycles. The largest absolute Gasteiger partial charge is 0.383 e. The number of hydrogen-bond acceptors (Lipinski definition) is 4. The van der Waals surface area contributed by atoms with E-state index in [0.29, 0.717) is 18.8 Å². The molecule has 0 aliphatic carbocycles. The van der Waals surface area contributed by atoms with Gasteiger partial charge in [0.25, 0.3) is 15.9 Å². The molecule has 7 heteroatoms. The number of anilines is 1. The molecule has 2 N–H and O–H groups in total. The number of rotatable bonds is 8. The predicted octanol–water partition coefficient (Wildman–Crippen LogP) is 2.99. The maximum atomic E-state index is 12.7. The molecule has 0 fully saturated rings. The lowest BCUT2D eigenvalue weighted by Gasteiger charge is -2.15. The molecular weight excluding hydrogens is 352 g/mol. The first kappa shape index (κ1) is 19.9. The van der Waals surface area contributed by atoms with E-state index in [1.165, 1.54) is 12.1 Å². The molecule has 0 aliphatic heterocycles. The minimum Gasteiger partial charge on any atom is -0.383 e. The van der Waals surface area contributed by atoms with Crippen LogP contribution >= 0.6 is 0 Å². The van der Waals surface area contributed by atoms with E-state index in [2.05, 4.69) is 10.0 Å². The second-order valence-electron chi connectivity index (χ2n) is 6.12. The quantitative estimate of drug-likeness (QED) is 0.694. The zero-order valence-electron chi connectivity index (χ0n) is 15.2. The zero-order valence-corrected chi connectivity index (χ0v) is 16.0. The van der Waals surface area contributed by atoms with Gasteiger partial charge < -0.3 is 10.1 Å². The van der Waals surface area contributed by atoms with Crippen molar-refractivity contribution in [2.24, 2.45) is 0 Å². The van der Waals surface area contributed by atoms with E-state index in [-0.39, 0.29) is 22.3 Å². The normalized spacial score (nSPS) is 11.4. The number of sulfonamides is 1. The molecular formula is C19H24N2O4S. The number of amides is 1. The SMILES string of the molecule is COCCNC(=O)c1cccc(S(=O)(=O)Nc2ccccc2C(C)C)c1. The van der Waals surface area contributed by atoms with E-state index >= 15 is 0 Å². The lowest BCUT2D eigenvalue weighted by Crippen LogP contribution is -2.27. The van der Waals surface area contributed by atoms with Crippen LogP contribution in [-0.4, -0.2) is 34.6 Å². The van der Waals surface area contributed by atoms with Crippen molar-refractivity contribution in [2.45, 2.75) is 24.7 Å². The van der Waals surface area contributed by atoms with Gasteiger partial charge in [0.05, 0.1) is 17.2 Å². The fourth-order valence-electron chi connectivity index (χ4n) is 2.47. The van der Waals surface area contributed by atoms with Gasteiger partial charge in [-0.15, -0.1) is 0 Å². The molecule has 0 unspecified atom stereocenters. The van der Waals surface area contributed by atoms with Crippen molar-refractivity contribution in [3.8, 4) is 0 Å². The molecule has 6 nitrogen and oxygen atoms in total. The minimum atomic E-state index is -3.81. The van der Waals surface area contributed by atoms with Crippen molar-refractivity contribution >= 4 is 21.6 Å². The van der Waals surface area contributed by atoms with E-state index in [0.717, 1.165) is 5.56 Å². The van der Waals surface area contributed by atoms with Crippen molar-refractivity contribution in [2.75, 3.05) is 25.0 Å². The Morgan fingerprint density at radius 2 is 1.85 bits per heavy atom. The number of carbonyl (C=O) groups excluding carboxylic acids is 1. The standard InChI is InChI=1S/C19H24N2O4S/c1-14(2)17-9-4-5-10-18(17)21-26(23,24)16-8-6-7-15(13-16)19(22)20-11-12-25-3/h4-10,13-14,21H,11-12H2,1-3H3,(H,20,22). The van der Waals surface area contributed by atoms with E-state index in [9.17, 15) is 13.2 Å². The van der Waals surface area contributed by atoms with Crippen LogP contribution in [0.4, 0.5) is 5.69 Å². The summed E-state index contributed by atoms with van der Waals surface area (Å²) in [6.45, 7) is 4.74. The lowest BCUT2D eigenvalue weighted by molar-refractivity contribution is 0.0937. The van der Waals surface area contributed by atoms with E-state index in [1.807, 2.05) is 26.0 Å². The number of benzene rings is 2. The Labute approximate surface area is 154 Å². The van der Waals surface area contributed by atoms with Crippen LogP contribution in [-0.2, 0) is 14.8 Å². The van der Waals surface area contributed by atoms with Crippen LogP contribution in [0.3, 0.4) is 0 Å². The maximum absolute atomic E-state index is 12.7. The molecule has 0 aromatic heterocycles. The topological polar surface area (TPSA) is 84.5 Å². The summed E-state index contributed by atoms with van der Waals surface area (Å²) >= 11 is 0. The lowest BCUT2D eigenvalue weighted by atomic mass is 10.0. The first-order valence-corrected chi connectivity index (χ1v) is 9.82. The summed E-state index contributed by atoms with van der Waals surface area (Å²) in [5.74, 6) is -0.173. The summed E-state index contributed by atoms with van der Waals surface area (Å²) < 4.78 is 33.0. The van der Waals surface area contributed by atoms with Crippen molar-refractivity contribution in [1.82, 2.24) is 5.32 Å². The van der Waals surface area contributed by atoms with Crippen LogP contribution in [0, 0.1) is 0 Å². The summed E-state index contributed by atoms with van der Waals surface area (Å²) in [6, 6.07) is 13.2. The molecule has 2 aromatic carbocycles. The van der Waals surface area contributed by atoms with Crippen LogP contribution in [0.2, 0.25) is 0 Å². The van der Waals surface area contributed by atoms with Gasteiger partial charge in [0.2, 0.25) is 0 Å². The Kier molecular flexibility index (Phi) is 6.76. The number of nitrogens with one attached hydrogen (secondary N) is 2. The molecule has 0 spiro atoms. The molecule has 1 amide bonds. The zero-order chi connectivity index (χ0) is 19.2. The van der Waals surface area contributed by atoms with Crippen LogP contribution in [0.1, 0.15) is 35.7 Å². The second kappa shape index (κ2) is 8.82. The highest BCUT2D eigenvalue weighted by molar-refractivity contribution is 7.92. The summed E-state index contributed by atoms with van der Waals surface area (Å²) in [6.07, 6.45) is 0. The van der Waals surface area contributed by atoms with Crippen molar-refractivity contribution in [3.05, 3.63) is 59.7 Å². The molecule has 2 aromatic rings. The first-order valence-electron chi connectivity index (χ1n) is 8.34. The molecule has 2 rings (SSSR count). The Morgan fingerprint density at radius 3 is 2.54 bits per heavy atom. The van der Waals surface area contributed by atoms with Gasteiger partial charge in [-0.3, -0.25) is 9.52 Å². The van der Waals surface area contributed by atoms with E-state index < -0.39 is 10.0 Å². The fourth-order valence-corrected chi connectivity index (χ4v) is 3.60. The maximum Gasteiger partial charge on any atom is 0.261 e. The predicted molar refractivity (Wildman–Crippen MR) is 102 cm³/mol. The Balaban J connectivity index is 2.25. The first-order chi connectivity index (χ1) is 12.3. The Hall–Kier alpha value is -2.38. The average Bonchev–Trinajstić information content (AvgIpc) is 2.62. The summed E-state index contributed by atoms with van der Waals surface area (Å²) in [5.41, 5.74) is 1.73. The highest BCUT2D eigenvalue weighted by Gasteiger charge is 2.18. The van der Waals surface area contributed by atoms with Gasteiger partial charge in [-0.1, -0.05) is 38.1 Å². The van der Waals surface area contributed by atoms with E-state index in [1.54, 1.807) is 31.4 Å². The molecule has 0 saturated heterocycles. The summed E-state index contributed by atoms with van der Waals surface area (Å²) in [4.78, 5) is 12.2. The number of methoxy groups -OCH3 is 1. The third kappa shape index (κ3) is 5.06. The molecule has 0 atom stereocenters. The van der Waals surface area contributed by atoms with Crippen molar-refractivity contribution in [3.63, 3.8) is 0 Å². The van der Waals surface area contributed by atoms with Gasteiger partial charge in [0.15, 0.2) is 0 Å². The molecule has 140 valence electrons. The van der Waals surface area contributed by atoms with E-state index in [4.69, 9.17) is 4.74 Å². The van der Waals surface area contributed by atoms with Gasteiger partial charge in [-0.05, 0) is 35.7 Å². The highest BCUT2D eigenvalue weighted by atomic mass is 32.2. The van der Waals surface area contributed by atoms with Crippen molar-refractivity contribution < 1.29 is 17.9 Å². The highest BCUT2D eigenvalue weighted by Crippen LogP contribution is 2.26. The van der Waals surface area contributed by atoms with Gasteiger partial charge >= 0.3 is 0 Å². The smallest absolute Gasteiger partial charge is 0.261 e. The summed E-state index contributed by atoms with van der Waals surface area (Å²) in [7, 11) is -2.26.